The number of aryl methyl sites for hydroxylation is 1. The van der Waals surface area contributed by atoms with Crippen LogP contribution in [0.1, 0.15) is 5.82 Å². The highest BCUT2D eigenvalue weighted by Gasteiger charge is 2.12. The third-order valence-corrected chi connectivity index (χ3v) is 1.81. The monoisotopic (exact) mass is 212 g/mol. The van der Waals surface area contributed by atoms with Gasteiger partial charge in [0.2, 0.25) is 0 Å². The summed E-state index contributed by atoms with van der Waals surface area (Å²) in [5.41, 5.74) is 0. The lowest BCUT2D eigenvalue weighted by atomic mass is 10.4. The Morgan fingerprint density at radius 1 is 1.60 bits per heavy atom. The number of rotatable bonds is 3. The molecule has 0 bridgehead atoms. The summed E-state index contributed by atoms with van der Waals surface area (Å²) >= 11 is 0. The number of carbonyl (C=O) groups excluding carboxylic acids is 2. The van der Waals surface area contributed by atoms with E-state index in [-0.39, 0.29) is 0 Å². The average molecular weight is 212 g/mol. The van der Waals surface area contributed by atoms with Crippen molar-refractivity contribution in [2.75, 3.05) is 13.7 Å². The molecule has 0 aliphatic carbocycles. The van der Waals surface area contributed by atoms with Gasteiger partial charge in [-0.15, -0.1) is 10.2 Å². The Morgan fingerprint density at radius 3 is 2.87 bits per heavy atom. The second-order valence-electron chi connectivity index (χ2n) is 2.86. The van der Waals surface area contributed by atoms with Crippen LogP contribution < -0.4 is 5.32 Å². The molecule has 7 nitrogen and oxygen atoms in total. The van der Waals surface area contributed by atoms with E-state index in [1.54, 1.807) is 17.9 Å². The summed E-state index contributed by atoms with van der Waals surface area (Å²) in [6.45, 7) is 0.320. The van der Waals surface area contributed by atoms with Crippen molar-refractivity contribution < 1.29 is 14.3 Å². The molecule has 0 atom stereocenters. The van der Waals surface area contributed by atoms with Crippen molar-refractivity contribution in [2.24, 2.45) is 7.05 Å². The molecule has 15 heavy (non-hydrogen) atoms. The Hall–Kier alpha value is -1.92. The van der Waals surface area contributed by atoms with E-state index in [0.29, 0.717) is 13.0 Å². The third-order valence-electron chi connectivity index (χ3n) is 1.81. The number of carbonyl (C=O) groups is 2. The van der Waals surface area contributed by atoms with Crippen LogP contribution in [0, 0.1) is 0 Å². The number of hydrogen-bond acceptors (Lipinski definition) is 5. The van der Waals surface area contributed by atoms with E-state index in [1.165, 1.54) is 0 Å². The maximum absolute atomic E-state index is 11.0. The van der Waals surface area contributed by atoms with Crippen LogP contribution in [0.5, 0.6) is 0 Å². The summed E-state index contributed by atoms with van der Waals surface area (Å²) < 4.78 is 5.98. The SMILES string of the molecule is COC(=O)C(=O)NCCc1nncn1C. The van der Waals surface area contributed by atoms with Crippen LogP contribution in [0.25, 0.3) is 0 Å². The Bertz CT molecular complexity index is 361. The topological polar surface area (TPSA) is 86.1 Å². The van der Waals surface area contributed by atoms with Crippen LogP contribution in [-0.2, 0) is 27.8 Å². The molecule has 0 saturated heterocycles. The van der Waals surface area contributed by atoms with E-state index in [4.69, 9.17) is 0 Å². The minimum Gasteiger partial charge on any atom is -0.462 e. The van der Waals surface area contributed by atoms with Gasteiger partial charge in [0.1, 0.15) is 12.2 Å². The van der Waals surface area contributed by atoms with Crippen LogP contribution in [0.2, 0.25) is 0 Å². The summed E-state index contributed by atoms with van der Waals surface area (Å²) in [5, 5.41) is 9.91. The molecular weight excluding hydrogens is 200 g/mol. The molecule has 0 aromatic carbocycles. The van der Waals surface area contributed by atoms with Gasteiger partial charge in [0.15, 0.2) is 0 Å². The van der Waals surface area contributed by atoms with E-state index in [1.807, 2.05) is 0 Å². The number of esters is 1. The highest BCUT2D eigenvalue weighted by atomic mass is 16.5. The highest BCUT2D eigenvalue weighted by molar-refractivity contribution is 6.32. The van der Waals surface area contributed by atoms with Crippen LogP contribution in [0.15, 0.2) is 6.33 Å². The molecule has 0 fully saturated rings. The number of nitrogens with one attached hydrogen (secondary N) is 1. The van der Waals surface area contributed by atoms with Gasteiger partial charge in [-0.25, -0.2) is 4.79 Å². The lowest BCUT2D eigenvalue weighted by Crippen LogP contribution is -2.33. The van der Waals surface area contributed by atoms with E-state index < -0.39 is 11.9 Å². The average Bonchev–Trinajstić information content (AvgIpc) is 2.63. The van der Waals surface area contributed by atoms with E-state index in [9.17, 15) is 9.59 Å². The molecule has 1 heterocycles. The van der Waals surface area contributed by atoms with Crippen LogP contribution in [-0.4, -0.2) is 40.3 Å². The first-order chi connectivity index (χ1) is 7.15. The van der Waals surface area contributed by atoms with Crippen molar-refractivity contribution >= 4 is 11.9 Å². The zero-order chi connectivity index (χ0) is 11.3. The molecule has 7 heteroatoms. The van der Waals surface area contributed by atoms with Crippen molar-refractivity contribution in [3.05, 3.63) is 12.2 Å². The fourth-order valence-electron chi connectivity index (χ4n) is 0.986. The number of amides is 1. The van der Waals surface area contributed by atoms with E-state index >= 15 is 0 Å². The standard InChI is InChI=1S/C8H12N4O3/c1-12-5-10-11-6(12)3-4-9-7(13)8(14)15-2/h5H,3-4H2,1-2H3,(H,9,13). The summed E-state index contributed by atoms with van der Waals surface area (Å²) in [7, 11) is 2.96. The number of aromatic nitrogens is 3. The van der Waals surface area contributed by atoms with Crippen molar-refractivity contribution in [1.82, 2.24) is 20.1 Å². The Labute approximate surface area is 86.4 Å². The summed E-state index contributed by atoms with van der Waals surface area (Å²) in [6.07, 6.45) is 2.08. The van der Waals surface area contributed by atoms with Gasteiger partial charge >= 0.3 is 11.9 Å². The van der Waals surface area contributed by atoms with Gasteiger partial charge in [0.25, 0.3) is 0 Å². The first-order valence-corrected chi connectivity index (χ1v) is 4.34. The van der Waals surface area contributed by atoms with Gasteiger partial charge in [-0.2, -0.15) is 0 Å². The fraction of sp³-hybridized carbons (Fsp3) is 0.500. The van der Waals surface area contributed by atoms with Gasteiger partial charge < -0.3 is 14.6 Å². The summed E-state index contributed by atoms with van der Waals surface area (Å²) in [6, 6.07) is 0. The van der Waals surface area contributed by atoms with Crippen LogP contribution in [0.3, 0.4) is 0 Å². The van der Waals surface area contributed by atoms with Crippen LogP contribution >= 0.6 is 0 Å². The molecule has 0 aliphatic heterocycles. The first-order valence-electron chi connectivity index (χ1n) is 4.34. The lowest BCUT2D eigenvalue weighted by molar-refractivity contribution is -0.152. The smallest absolute Gasteiger partial charge is 0.396 e. The zero-order valence-electron chi connectivity index (χ0n) is 8.56. The van der Waals surface area contributed by atoms with Crippen molar-refractivity contribution in [3.63, 3.8) is 0 Å². The third kappa shape index (κ3) is 3.04. The quantitative estimate of drug-likeness (QED) is 0.494. The largest absolute Gasteiger partial charge is 0.462 e. The predicted octanol–water partition coefficient (Wildman–Crippen LogP) is -1.35. The maximum atomic E-state index is 11.0. The van der Waals surface area contributed by atoms with Crippen molar-refractivity contribution in [1.29, 1.82) is 0 Å². The minimum atomic E-state index is -0.895. The van der Waals surface area contributed by atoms with Gasteiger partial charge in [0.05, 0.1) is 7.11 Å². The van der Waals surface area contributed by atoms with Crippen molar-refractivity contribution in [2.45, 2.75) is 6.42 Å². The number of methoxy groups -OCH3 is 1. The molecule has 1 aromatic rings. The second-order valence-corrected chi connectivity index (χ2v) is 2.86. The van der Waals surface area contributed by atoms with Gasteiger partial charge in [-0.3, -0.25) is 4.79 Å². The molecule has 0 aliphatic rings. The number of ether oxygens (including phenoxy) is 1. The predicted molar refractivity (Wildman–Crippen MR) is 49.7 cm³/mol. The second kappa shape index (κ2) is 5.08. The lowest BCUT2D eigenvalue weighted by Gasteiger charge is -2.02. The molecule has 0 radical (unpaired) electrons. The number of hydrogen-bond donors (Lipinski definition) is 1. The molecule has 1 N–H and O–H groups in total. The van der Waals surface area contributed by atoms with Crippen LogP contribution in [0.4, 0.5) is 0 Å². The summed E-state index contributed by atoms with van der Waals surface area (Å²) in [4.78, 5) is 21.7. The normalized spacial score (nSPS) is 9.73. The highest BCUT2D eigenvalue weighted by Crippen LogP contribution is 1.91. The Kier molecular flexibility index (Phi) is 3.78. The fourth-order valence-corrected chi connectivity index (χ4v) is 0.986. The first kappa shape index (κ1) is 11.2. The summed E-state index contributed by atoms with van der Waals surface area (Å²) in [5.74, 6) is -0.909. The molecule has 1 rings (SSSR count). The molecule has 0 spiro atoms. The van der Waals surface area contributed by atoms with E-state index in [0.717, 1.165) is 12.9 Å². The van der Waals surface area contributed by atoms with Crippen molar-refractivity contribution in [3.8, 4) is 0 Å². The Morgan fingerprint density at radius 2 is 2.33 bits per heavy atom. The molecule has 82 valence electrons. The maximum Gasteiger partial charge on any atom is 0.396 e. The molecule has 1 aromatic heterocycles. The Balaban J connectivity index is 2.31. The molecule has 0 unspecified atom stereocenters. The van der Waals surface area contributed by atoms with Gasteiger partial charge in [-0.05, 0) is 0 Å². The molecule has 0 saturated carbocycles. The molecule has 1 amide bonds. The van der Waals surface area contributed by atoms with E-state index in [2.05, 4.69) is 20.3 Å². The minimum absolute atomic E-state index is 0.320. The molecular formula is C8H12N4O3. The van der Waals surface area contributed by atoms with Gasteiger partial charge in [0, 0.05) is 20.0 Å². The number of nitrogens with zero attached hydrogens (tertiary/aromatic N) is 3. The van der Waals surface area contributed by atoms with Gasteiger partial charge in [-0.1, -0.05) is 0 Å². The zero-order valence-corrected chi connectivity index (χ0v) is 8.56.